The molecule has 0 bridgehead atoms. The Bertz CT molecular complexity index is 1030. The van der Waals surface area contributed by atoms with Crippen LogP contribution in [0.5, 0.6) is 0 Å². The van der Waals surface area contributed by atoms with E-state index in [1.54, 1.807) is 45.0 Å². The van der Waals surface area contributed by atoms with Gasteiger partial charge in [-0.05, 0) is 45.4 Å². The lowest BCUT2D eigenvalue weighted by Crippen LogP contribution is -2.27. The summed E-state index contributed by atoms with van der Waals surface area (Å²) in [6.45, 7) is 7.15. The van der Waals surface area contributed by atoms with E-state index in [2.05, 4.69) is 0 Å². The second kappa shape index (κ2) is 7.27. The number of carbonyl (C=O) groups is 1. The van der Waals surface area contributed by atoms with Crippen molar-refractivity contribution in [3.05, 3.63) is 81.7 Å². The largest absolute Gasteiger partial charge is 0.509 e. The molecule has 0 N–H and O–H groups in total. The molecule has 0 amide bonds. The zero-order valence-corrected chi connectivity index (χ0v) is 15.8. The minimum Gasteiger partial charge on any atom is -0.464 e. The number of benzene rings is 2. The van der Waals surface area contributed by atoms with Gasteiger partial charge in [0, 0.05) is 5.56 Å². The predicted octanol–water partition coefficient (Wildman–Crippen LogP) is 5.14. The number of fused-ring (bicyclic) bond motifs is 1. The van der Waals surface area contributed by atoms with Crippen LogP contribution in [0.2, 0.25) is 0 Å². The van der Waals surface area contributed by atoms with Crippen molar-refractivity contribution < 1.29 is 18.7 Å². The molecule has 5 heteroatoms. The maximum atomic E-state index is 13.0. The highest BCUT2D eigenvalue weighted by molar-refractivity contribution is 5.77. The molecule has 1 atom stereocenters. The van der Waals surface area contributed by atoms with E-state index < -0.39 is 17.9 Å². The molecule has 1 unspecified atom stereocenters. The van der Waals surface area contributed by atoms with E-state index in [0.717, 1.165) is 5.56 Å². The highest BCUT2D eigenvalue weighted by Gasteiger charge is 2.27. The molecule has 27 heavy (non-hydrogen) atoms. The monoisotopic (exact) mass is 366 g/mol. The van der Waals surface area contributed by atoms with E-state index >= 15 is 0 Å². The Hall–Kier alpha value is -3.08. The molecule has 5 nitrogen and oxygen atoms in total. The Balaban J connectivity index is 2.10. The van der Waals surface area contributed by atoms with Crippen LogP contribution < -0.4 is 5.43 Å². The third kappa shape index (κ3) is 4.19. The smallest absolute Gasteiger partial charge is 0.464 e. The molecule has 3 rings (SSSR count). The van der Waals surface area contributed by atoms with Gasteiger partial charge in [0.25, 0.3) is 0 Å². The maximum absolute atomic E-state index is 13.0. The summed E-state index contributed by atoms with van der Waals surface area (Å²) in [7, 11) is 0. The molecule has 0 saturated carbocycles. The van der Waals surface area contributed by atoms with Gasteiger partial charge in [0.2, 0.25) is 0 Å². The Labute approximate surface area is 157 Å². The molecule has 1 heterocycles. The Morgan fingerprint density at radius 3 is 2.37 bits per heavy atom. The van der Waals surface area contributed by atoms with Gasteiger partial charge in [0.1, 0.15) is 17.4 Å². The molecule has 0 saturated heterocycles. The fourth-order valence-electron chi connectivity index (χ4n) is 2.82. The number of aryl methyl sites for hydroxylation is 1. The van der Waals surface area contributed by atoms with Crippen molar-refractivity contribution in [2.24, 2.45) is 0 Å². The van der Waals surface area contributed by atoms with Gasteiger partial charge >= 0.3 is 6.16 Å². The molecule has 140 valence electrons. The van der Waals surface area contributed by atoms with Gasteiger partial charge in [-0.1, -0.05) is 36.4 Å². The van der Waals surface area contributed by atoms with E-state index in [1.807, 2.05) is 31.2 Å². The van der Waals surface area contributed by atoms with E-state index in [0.29, 0.717) is 16.5 Å². The van der Waals surface area contributed by atoms with Gasteiger partial charge in [0.05, 0.1) is 10.9 Å². The number of para-hydroxylation sites is 1. The first-order valence-electron chi connectivity index (χ1n) is 8.72. The first-order chi connectivity index (χ1) is 12.8. The van der Waals surface area contributed by atoms with Crippen LogP contribution in [0, 0.1) is 6.92 Å². The van der Waals surface area contributed by atoms with Gasteiger partial charge in [-0.25, -0.2) is 4.79 Å². The minimum absolute atomic E-state index is 0.242. The minimum atomic E-state index is -0.929. The van der Waals surface area contributed by atoms with Crippen LogP contribution in [-0.4, -0.2) is 11.8 Å². The highest BCUT2D eigenvalue weighted by Crippen LogP contribution is 2.29. The molecule has 3 aromatic rings. The Morgan fingerprint density at radius 2 is 1.67 bits per heavy atom. The van der Waals surface area contributed by atoms with Gasteiger partial charge in [-0.15, -0.1) is 0 Å². The van der Waals surface area contributed by atoms with Crippen molar-refractivity contribution in [2.75, 3.05) is 0 Å². The van der Waals surface area contributed by atoms with Crippen molar-refractivity contribution >= 4 is 17.1 Å². The predicted molar refractivity (Wildman–Crippen MR) is 103 cm³/mol. The van der Waals surface area contributed by atoms with Crippen molar-refractivity contribution in [1.82, 2.24) is 0 Å². The zero-order chi connectivity index (χ0) is 19.6. The topological polar surface area (TPSA) is 65.7 Å². The van der Waals surface area contributed by atoms with Crippen LogP contribution in [0.4, 0.5) is 4.79 Å². The quantitative estimate of drug-likeness (QED) is 0.600. The lowest BCUT2D eigenvalue weighted by Gasteiger charge is -2.23. The number of hydrogen-bond acceptors (Lipinski definition) is 5. The van der Waals surface area contributed by atoms with E-state index in [1.165, 1.54) is 6.26 Å². The van der Waals surface area contributed by atoms with E-state index in [4.69, 9.17) is 13.9 Å². The van der Waals surface area contributed by atoms with Gasteiger partial charge in [-0.3, -0.25) is 4.79 Å². The molecular formula is C22H22O5. The molecule has 0 radical (unpaired) electrons. The summed E-state index contributed by atoms with van der Waals surface area (Å²) in [5, 5.41) is 0.432. The van der Waals surface area contributed by atoms with E-state index in [-0.39, 0.29) is 11.0 Å². The number of ether oxygens (including phenoxy) is 2. The van der Waals surface area contributed by atoms with Crippen LogP contribution >= 0.6 is 0 Å². The molecular weight excluding hydrogens is 344 g/mol. The fraction of sp³-hybridized carbons (Fsp3) is 0.273. The van der Waals surface area contributed by atoms with E-state index in [9.17, 15) is 9.59 Å². The van der Waals surface area contributed by atoms with Crippen LogP contribution in [0.15, 0.2) is 64.0 Å². The van der Waals surface area contributed by atoms with Gasteiger partial charge in [-0.2, -0.15) is 0 Å². The second-order valence-corrected chi connectivity index (χ2v) is 7.34. The second-order valence-electron chi connectivity index (χ2n) is 7.34. The molecule has 0 fully saturated rings. The average Bonchev–Trinajstić information content (AvgIpc) is 2.60. The lowest BCUT2D eigenvalue weighted by molar-refractivity contribution is -0.0205. The van der Waals surface area contributed by atoms with Crippen molar-refractivity contribution in [2.45, 2.75) is 39.4 Å². The first-order valence-corrected chi connectivity index (χ1v) is 8.72. The Morgan fingerprint density at radius 1 is 1.00 bits per heavy atom. The molecule has 0 spiro atoms. The van der Waals surface area contributed by atoms with Crippen molar-refractivity contribution in [3.63, 3.8) is 0 Å². The van der Waals surface area contributed by atoms with Crippen LogP contribution in [0.25, 0.3) is 11.0 Å². The zero-order valence-electron chi connectivity index (χ0n) is 15.8. The SMILES string of the molecule is Cc1ccccc1C(OC(=O)OC(C)(C)C)c1coc2ccccc2c1=O. The highest BCUT2D eigenvalue weighted by atomic mass is 16.7. The summed E-state index contributed by atoms with van der Waals surface area (Å²) >= 11 is 0. The molecule has 2 aromatic carbocycles. The van der Waals surface area contributed by atoms with Gasteiger partial charge < -0.3 is 13.9 Å². The summed E-state index contributed by atoms with van der Waals surface area (Å²) in [4.78, 5) is 25.4. The normalized spacial score (nSPS) is 12.6. The lowest BCUT2D eigenvalue weighted by atomic mass is 9.97. The van der Waals surface area contributed by atoms with Crippen LogP contribution in [0.1, 0.15) is 43.6 Å². The van der Waals surface area contributed by atoms with Crippen LogP contribution in [0.3, 0.4) is 0 Å². The van der Waals surface area contributed by atoms with Crippen LogP contribution in [-0.2, 0) is 9.47 Å². The number of rotatable bonds is 3. The molecule has 0 aliphatic heterocycles. The van der Waals surface area contributed by atoms with Crippen molar-refractivity contribution in [1.29, 1.82) is 0 Å². The standard InChI is InChI=1S/C22H22O5/c1-14-9-5-6-10-15(14)20(26-21(24)27-22(2,3)4)17-13-25-18-12-8-7-11-16(18)19(17)23/h5-13,20H,1-4H3. The fourth-order valence-corrected chi connectivity index (χ4v) is 2.82. The first kappa shape index (κ1) is 18.7. The number of hydrogen-bond donors (Lipinski definition) is 0. The molecule has 0 aliphatic rings. The Kier molecular flexibility index (Phi) is 5.04. The number of carbonyl (C=O) groups excluding carboxylic acids is 1. The van der Waals surface area contributed by atoms with Crippen molar-refractivity contribution in [3.8, 4) is 0 Å². The third-order valence-corrected chi connectivity index (χ3v) is 4.06. The summed E-state index contributed by atoms with van der Waals surface area (Å²) in [6.07, 6.45) is -0.420. The maximum Gasteiger partial charge on any atom is 0.509 e. The third-order valence-electron chi connectivity index (χ3n) is 4.06. The average molecular weight is 366 g/mol. The summed E-state index contributed by atoms with van der Waals surface area (Å²) in [6, 6.07) is 14.4. The summed E-state index contributed by atoms with van der Waals surface area (Å²) < 4.78 is 16.5. The van der Waals surface area contributed by atoms with Gasteiger partial charge in [0.15, 0.2) is 11.5 Å². The summed E-state index contributed by atoms with van der Waals surface area (Å²) in [5.41, 5.74) is 1.36. The molecule has 1 aromatic heterocycles. The summed E-state index contributed by atoms with van der Waals surface area (Å²) in [5.74, 6) is 0. The molecule has 0 aliphatic carbocycles.